The van der Waals surface area contributed by atoms with Crippen LogP contribution in [0.4, 0.5) is 4.79 Å². The highest BCUT2D eigenvalue weighted by Crippen LogP contribution is 2.11. The molecule has 0 radical (unpaired) electrons. The van der Waals surface area contributed by atoms with Gasteiger partial charge in [-0.05, 0) is 45.4 Å². The molecule has 6 heteroatoms. The van der Waals surface area contributed by atoms with Gasteiger partial charge in [-0.2, -0.15) is 0 Å². The van der Waals surface area contributed by atoms with Gasteiger partial charge < -0.3 is 20.3 Å². The van der Waals surface area contributed by atoms with Crippen LogP contribution in [-0.4, -0.2) is 49.1 Å². The van der Waals surface area contributed by atoms with Crippen LogP contribution in [0.5, 0.6) is 5.75 Å². The molecular weight excluding hydrogens is 294 g/mol. The molecule has 0 bridgehead atoms. The molecule has 0 fully saturated rings. The fraction of sp³-hybridized carbons (Fsp3) is 0.529. The quantitative estimate of drug-likeness (QED) is 0.787. The van der Waals surface area contributed by atoms with Gasteiger partial charge in [0.1, 0.15) is 18.9 Å². The van der Waals surface area contributed by atoms with Crippen molar-refractivity contribution in [1.82, 2.24) is 15.5 Å². The standard InChI is InChI=1S/C17H27N3O3/c1-13-7-6-8-14(11-13)23-10-9-18-16(22)20(5)12-15(21)19-17(2,3)4/h6-8,11H,9-10,12H2,1-5H3,(H,18,22)(H,19,21). The lowest BCUT2D eigenvalue weighted by molar-refractivity contribution is -0.122. The Bertz CT molecular complexity index is 538. The second-order valence-electron chi connectivity index (χ2n) is 6.55. The molecule has 128 valence electrons. The van der Waals surface area contributed by atoms with E-state index in [2.05, 4.69) is 10.6 Å². The molecule has 6 nitrogen and oxygen atoms in total. The molecule has 1 aromatic rings. The summed E-state index contributed by atoms with van der Waals surface area (Å²) in [4.78, 5) is 25.0. The Morgan fingerprint density at radius 1 is 1.26 bits per heavy atom. The van der Waals surface area contributed by atoms with Gasteiger partial charge in [0.25, 0.3) is 0 Å². The first kappa shape index (κ1) is 18.8. The largest absolute Gasteiger partial charge is 0.492 e. The molecule has 0 spiro atoms. The number of amides is 3. The molecule has 0 aliphatic heterocycles. The molecule has 1 rings (SSSR count). The Balaban J connectivity index is 2.26. The molecule has 0 saturated heterocycles. The summed E-state index contributed by atoms with van der Waals surface area (Å²) in [5.74, 6) is 0.586. The van der Waals surface area contributed by atoms with E-state index in [4.69, 9.17) is 4.74 Å². The first-order valence-electron chi connectivity index (χ1n) is 7.67. The maximum absolute atomic E-state index is 11.9. The summed E-state index contributed by atoms with van der Waals surface area (Å²) in [5, 5.41) is 5.53. The summed E-state index contributed by atoms with van der Waals surface area (Å²) in [6.45, 7) is 8.44. The van der Waals surface area contributed by atoms with Gasteiger partial charge in [0, 0.05) is 12.6 Å². The molecule has 0 saturated carbocycles. The number of nitrogens with zero attached hydrogens (tertiary/aromatic N) is 1. The molecule has 0 aliphatic carbocycles. The van der Waals surface area contributed by atoms with E-state index in [1.165, 1.54) is 4.90 Å². The third-order valence-corrected chi connectivity index (χ3v) is 2.88. The maximum Gasteiger partial charge on any atom is 0.317 e. The van der Waals surface area contributed by atoms with Gasteiger partial charge in [0.05, 0.1) is 6.54 Å². The van der Waals surface area contributed by atoms with Crippen molar-refractivity contribution >= 4 is 11.9 Å². The van der Waals surface area contributed by atoms with E-state index >= 15 is 0 Å². The number of likely N-dealkylation sites (N-methyl/N-ethyl adjacent to an activating group) is 1. The van der Waals surface area contributed by atoms with Gasteiger partial charge in [-0.3, -0.25) is 4.79 Å². The van der Waals surface area contributed by atoms with Crippen LogP contribution in [0.1, 0.15) is 26.3 Å². The van der Waals surface area contributed by atoms with Crippen LogP contribution in [0.2, 0.25) is 0 Å². The smallest absolute Gasteiger partial charge is 0.317 e. The number of carbonyl (C=O) groups excluding carboxylic acids is 2. The number of benzene rings is 1. The predicted molar refractivity (Wildman–Crippen MR) is 90.6 cm³/mol. The second-order valence-corrected chi connectivity index (χ2v) is 6.55. The molecule has 23 heavy (non-hydrogen) atoms. The number of urea groups is 1. The summed E-state index contributed by atoms with van der Waals surface area (Å²) in [6, 6.07) is 7.42. The van der Waals surface area contributed by atoms with E-state index in [1.54, 1.807) is 7.05 Å². The molecule has 2 N–H and O–H groups in total. The zero-order valence-electron chi connectivity index (χ0n) is 14.6. The van der Waals surface area contributed by atoms with Crippen LogP contribution in [-0.2, 0) is 4.79 Å². The van der Waals surface area contributed by atoms with Gasteiger partial charge in [-0.1, -0.05) is 12.1 Å². The highest BCUT2D eigenvalue weighted by molar-refractivity contribution is 5.84. The molecule has 3 amide bonds. The van der Waals surface area contributed by atoms with Crippen LogP contribution in [0.15, 0.2) is 24.3 Å². The molecule has 1 aromatic carbocycles. The van der Waals surface area contributed by atoms with Crippen molar-refractivity contribution in [3.05, 3.63) is 29.8 Å². The lowest BCUT2D eigenvalue weighted by atomic mass is 10.1. The van der Waals surface area contributed by atoms with Crippen LogP contribution >= 0.6 is 0 Å². The summed E-state index contributed by atoms with van der Waals surface area (Å²) < 4.78 is 5.55. The Morgan fingerprint density at radius 3 is 2.57 bits per heavy atom. The van der Waals surface area contributed by atoms with Crippen LogP contribution in [0.3, 0.4) is 0 Å². The Kier molecular flexibility index (Phi) is 6.88. The van der Waals surface area contributed by atoms with Gasteiger partial charge in [-0.15, -0.1) is 0 Å². The van der Waals surface area contributed by atoms with Crippen molar-refractivity contribution in [3.63, 3.8) is 0 Å². The number of ether oxygens (including phenoxy) is 1. The topological polar surface area (TPSA) is 70.7 Å². The van der Waals surface area contributed by atoms with Crippen molar-refractivity contribution < 1.29 is 14.3 Å². The third-order valence-electron chi connectivity index (χ3n) is 2.88. The Hall–Kier alpha value is -2.24. The number of rotatable bonds is 6. The Morgan fingerprint density at radius 2 is 1.96 bits per heavy atom. The van der Waals surface area contributed by atoms with Crippen LogP contribution in [0.25, 0.3) is 0 Å². The minimum Gasteiger partial charge on any atom is -0.492 e. The minimum atomic E-state index is -0.309. The maximum atomic E-state index is 11.9. The van der Waals surface area contributed by atoms with Crippen molar-refractivity contribution in [2.75, 3.05) is 26.7 Å². The number of aryl methyl sites for hydroxylation is 1. The Labute approximate surface area is 138 Å². The van der Waals surface area contributed by atoms with E-state index < -0.39 is 0 Å². The zero-order chi connectivity index (χ0) is 17.5. The number of nitrogens with one attached hydrogen (secondary N) is 2. The molecule has 0 aliphatic rings. The van der Waals surface area contributed by atoms with Crippen molar-refractivity contribution in [3.8, 4) is 5.75 Å². The first-order chi connectivity index (χ1) is 10.7. The first-order valence-corrected chi connectivity index (χ1v) is 7.67. The van der Waals surface area contributed by atoms with E-state index in [0.717, 1.165) is 11.3 Å². The number of carbonyl (C=O) groups is 2. The SMILES string of the molecule is Cc1cccc(OCCNC(=O)N(C)CC(=O)NC(C)(C)C)c1. The minimum absolute atomic E-state index is 0.0157. The summed E-state index contributed by atoms with van der Waals surface area (Å²) in [7, 11) is 1.58. The number of hydrogen-bond acceptors (Lipinski definition) is 3. The summed E-state index contributed by atoms with van der Waals surface area (Å²) in [6.07, 6.45) is 0. The summed E-state index contributed by atoms with van der Waals surface area (Å²) >= 11 is 0. The lowest BCUT2D eigenvalue weighted by Gasteiger charge is -2.23. The monoisotopic (exact) mass is 321 g/mol. The summed E-state index contributed by atoms with van der Waals surface area (Å²) in [5.41, 5.74) is 0.812. The fourth-order valence-electron chi connectivity index (χ4n) is 1.91. The normalized spacial score (nSPS) is 10.8. The van der Waals surface area contributed by atoms with E-state index in [-0.39, 0.29) is 24.0 Å². The third kappa shape index (κ3) is 8.09. The van der Waals surface area contributed by atoms with Gasteiger partial charge in [0.2, 0.25) is 5.91 Å². The predicted octanol–water partition coefficient (Wildman–Crippen LogP) is 1.93. The van der Waals surface area contributed by atoms with Crippen molar-refractivity contribution in [2.45, 2.75) is 33.2 Å². The lowest BCUT2D eigenvalue weighted by Crippen LogP contribution is -2.48. The van der Waals surface area contributed by atoms with Gasteiger partial charge in [0.15, 0.2) is 0 Å². The molecular formula is C17H27N3O3. The van der Waals surface area contributed by atoms with E-state index in [0.29, 0.717) is 13.2 Å². The fourth-order valence-corrected chi connectivity index (χ4v) is 1.91. The van der Waals surface area contributed by atoms with Gasteiger partial charge >= 0.3 is 6.03 Å². The average molecular weight is 321 g/mol. The van der Waals surface area contributed by atoms with Crippen molar-refractivity contribution in [2.24, 2.45) is 0 Å². The van der Waals surface area contributed by atoms with E-state index in [1.807, 2.05) is 52.0 Å². The van der Waals surface area contributed by atoms with Gasteiger partial charge in [-0.25, -0.2) is 4.79 Å². The van der Waals surface area contributed by atoms with Crippen LogP contribution < -0.4 is 15.4 Å². The highest BCUT2D eigenvalue weighted by Gasteiger charge is 2.17. The second kappa shape index (κ2) is 8.41. The zero-order valence-corrected chi connectivity index (χ0v) is 14.6. The molecule has 0 aromatic heterocycles. The highest BCUT2D eigenvalue weighted by atomic mass is 16.5. The number of hydrogen-bond donors (Lipinski definition) is 2. The molecule has 0 atom stereocenters. The molecule has 0 unspecified atom stereocenters. The van der Waals surface area contributed by atoms with E-state index in [9.17, 15) is 9.59 Å². The molecule has 0 heterocycles. The average Bonchev–Trinajstić information content (AvgIpc) is 2.41. The van der Waals surface area contributed by atoms with Crippen molar-refractivity contribution in [1.29, 1.82) is 0 Å². The van der Waals surface area contributed by atoms with Crippen LogP contribution in [0, 0.1) is 6.92 Å².